The highest BCUT2D eigenvalue weighted by atomic mass is 16.5. The topological polar surface area (TPSA) is 53.6 Å². The van der Waals surface area contributed by atoms with Crippen LogP contribution in [0.4, 0.5) is 10.5 Å². The number of hydrogen-bond acceptors (Lipinski definition) is 3. The molecule has 5 nitrogen and oxygen atoms in total. The molecule has 2 aromatic carbocycles. The Morgan fingerprint density at radius 1 is 1.07 bits per heavy atom. The first-order valence-electron chi connectivity index (χ1n) is 9.59. The first-order chi connectivity index (χ1) is 13.0. The van der Waals surface area contributed by atoms with E-state index < -0.39 is 0 Å². The van der Waals surface area contributed by atoms with Crippen LogP contribution in [0.2, 0.25) is 0 Å². The molecule has 3 unspecified atom stereocenters. The molecule has 5 heteroatoms. The van der Waals surface area contributed by atoms with Crippen molar-refractivity contribution in [3.63, 3.8) is 0 Å². The lowest BCUT2D eigenvalue weighted by Crippen LogP contribution is -2.45. The predicted molar refractivity (Wildman–Crippen MR) is 109 cm³/mol. The first kappa shape index (κ1) is 19.4. The van der Waals surface area contributed by atoms with Crippen LogP contribution in [0.3, 0.4) is 0 Å². The molecule has 2 amide bonds. The average molecular weight is 367 g/mol. The number of carbonyl (C=O) groups excluding carboxylic acids is 1. The molecule has 0 bridgehead atoms. The number of carbonyl (C=O) groups is 1. The van der Waals surface area contributed by atoms with Gasteiger partial charge in [0.1, 0.15) is 0 Å². The minimum atomic E-state index is -0.192. The van der Waals surface area contributed by atoms with E-state index in [0.29, 0.717) is 0 Å². The number of nitrogens with one attached hydrogen (secondary N) is 2. The van der Waals surface area contributed by atoms with Gasteiger partial charge >= 0.3 is 6.03 Å². The fourth-order valence-electron chi connectivity index (χ4n) is 3.61. The van der Waals surface area contributed by atoms with Crippen molar-refractivity contribution in [3.05, 3.63) is 65.7 Å². The standard InChI is InChI=1S/C22H29N3O2/c1-16-13-25(14-17(2)27-16)15-20-11-7-8-12-21(20)24-22(26)23-18(3)19-9-5-4-6-10-19/h4-12,16-18H,13-15H2,1-3H3,(H2,23,24,26). The van der Waals surface area contributed by atoms with Gasteiger partial charge in [0.05, 0.1) is 18.2 Å². The normalized spacial score (nSPS) is 21.4. The highest BCUT2D eigenvalue weighted by Crippen LogP contribution is 2.20. The summed E-state index contributed by atoms with van der Waals surface area (Å²) in [6.07, 6.45) is 0.452. The van der Waals surface area contributed by atoms with Crippen molar-refractivity contribution in [2.45, 2.75) is 45.6 Å². The molecule has 0 aromatic heterocycles. The zero-order valence-electron chi connectivity index (χ0n) is 16.3. The summed E-state index contributed by atoms with van der Waals surface area (Å²) in [6, 6.07) is 17.7. The highest BCUT2D eigenvalue weighted by Gasteiger charge is 2.23. The second kappa shape index (κ2) is 9.02. The SMILES string of the molecule is CC1CN(Cc2ccccc2NC(=O)NC(C)c2ccccc2)CC(C)O1. The Hall–Kier alpha value is -2.37. The van der Waals surface area contributed by atoms with Crippen LogP contribution < -0.4 is 10.6 Å². The van der Waals surface area contributed by atoms with E-state index in [9.17, 15) is 4.79 Å². The van der Waals surface area contributed by atoms with E-state index >= 15 is 0 Å². The van der Waals surface area contributed by atoms with Crippen molar-refractivity contribution >= 4 is 11.7 Å². The van der Waals surface area contributed by atoms with Crippen LogP contribution in [0.15, 0.2) is 54.6 Å². The fraction of sp³-hybridized carbons (Fsp3) is 0.409. The van der Waals surface area contributed by atoms with Crippen LogP contribution in [0.25, 0.3) is 0 Å². The summed E-state index contributed by atoms with van der Waals surface area (Å²) in [5, 5.41) is 6.02. The Morgan fingerprint density at radius 3 is 2.41 bits per heavy atom. The molecule has 3 atom stereocenters. The number of nitrogens with zero attached hydrogens (tertiary/aromatic N) is 1. The molecule has 144 valence electrons. The third-order valence-corrected chi connectivity index (χ3v) is 4.80. The first-order valence-corrected chi connectivity index (χ1v) is 9.59. The molecule has 2 aromatic rings. The van der Waals surface area contributed by atoms with Gasteiger partial charge in [-0.05, 0) is 38.0 Å². The Balaban J connectivity index is 1.62. The number of hydrogen-bond donors (Lipinski definition) is 2. The molecule has 0 radical (unpaired) electrons. The molecule has 1 aliphatic heterocycles. The van der Waals surface area contributed by atoms with Crippen LogP contribution in [0.1, 0.15) is 37.9 Å². The second-order valence-corrected chi connectivity index (χ2v) is 7.34. The van der Waals surface area contributed by atoms with E-state index in [1.165, 1.54) is 0 Å². The quantitative estimate of drug-likeness (QED) is 0.834. The second-order valence-electron chi connectivity index (χ2n) is 7.34. The summed E-state index contributed by atoms with van der Waals surface area (Å²) < 4.78 is 5.81. The summed E-state index contributed by atoms with van der Waals surface area (Å²) in [4.78, 5) is 14.9. The summed E-state index contributed by atoms with van der Waals surface area (Å²) in [6.45, 7) is 8.78. The van der Waals surface area contributed by atoms with E-state index in [1.54, 1.807) is 0 Å². The van der Waals surface area contributed by atoms with Gasteiger partial charge in [0, 0.05) is 25.3 Å². The number of amides is 2. The molecule has 1 fully saturated rings. The maximum atomic E-state index is 12.5. The van der Waals surface area contributed by atoms with Crippen molar-refractivity contribution in [1.29, 1.82) is 0 Å². The molecule has 2 N–H and O–H groups in total. The minimum absolute atomic E-state index is 0.0562. The lowest BCUT2D eigenvalue weighted by molar-refractivity contribution is -0.0704. The van der Waals surface area contributed by atoms with Crippen LogP contribution in [-0.4, -0.2) is 36.2 Å². The van der Waals surface area contributed by atoms with Crippen molar-refractivity contribution in [3.8, 4) is 0 Å². The van der Waals surface area contributed by atoms with Gasteiger partial charge in [0.25, 0.3) is 0 Å². The van der Waals surface area contributed by atoms with E-state index in [2.05, 4.69) is 35.4 Å². The monoisotopic (exact) mass is 367 g/mol. The Kier molecular flexibility index (Phi) is 6.48. The van der Waals surface area contributed by atoms with E-state index in [0.717, 1.165) is 36.4 Å². The van der Waals surface area contributed by atoms with Gasteiger partial charge in [0.2, 0.25) is 0 Å². The predicted octanol–water partition coefficient (Wildman–Crippen LogP) is 4.18. The van der Waals surface area contributed by atoms with E-state index in [-0.39, 0.29) is 24.3 Å². The van der Waals surface area contributed by atoms with Gasteiger partial charge in [-0.15, -0.1) is 0 Å². The Labute approximate surface area is 161 Å². The van der Waals surface area contributed by atoms with Gasteiger partial charge in [-0.3, -0.25) is 4.90 Å². The third-order valence-electron chi connectivity index (χ3n) is 4.80. The molecule has 1 aliphatic rings. The number of ether oxygens (including phenoxy) is 1. The molecular formula is C22H29N3O2. The van der Waals surface area contributed by atoms with Crippen molar-refractivity contribution in [1.82, 2.24) is 10.2 Å². The molecule has 0 saturated carbocycles. The zero-order chi connectivity index (χ0) is 19.2. The smallest absolute Gasteiger partial charge is 0.319 e. The Bertz CT molecular complexity index is 740. The van der Waals surface area contributed by atoms with E-state index in [4.69, 9.17) is 4.74 Å². The summed E-state index contributed by atoms with van der Waals surface area (Å²) in [5.41, 5.74) is 3.04. The number of benzene rings is 2. The molecule has 3 rings (SSSR count). The molecule has 1 saturated heterocycles. The summed E-state index contributed by atoms with van der Waals surface area (Å²) in [5.74, 6) is 0. The van der Waals surface area contributed by atoms with Crippen molar-refractivity contribution < 1.29 is 9.53 Å². The lowest BCUT2D eigenvalue weighted by atomic mass is 10.1. The summed E-state index contributed by atoms with van der Waals surface area (Å²) >= 11 is 0. The summed E-state index contributed by atoms with van der Waals surface area (Å²) in [7, 11) is 0. The van der Waals surface area contributed by atoms with Crippen molar-refractivity contribution in [2.24, 2.45) is 0 Å². The highest BCUT2D eigenvalue weighted by molar-refractivity contribution is 5.90. The molecule has 0 spiro atoms. The number of anilines is 1. The molecule has 0 aliphatic carbocycles. The average Bonchev–Trinajstić information content (AvgIpc) is 2.63. The van der Waals surface area contributed by atoms with E-state index in [1.807, 2.05) is 55.5 Å². The van der Waals surface area contributed by atoms with Crippen LogP contribution in [0.5, 0.6) is 0 Å². The minimum Gasteiger partial charge on any atom is -0.373 e. The maximum Gasteiger partial charge on any atom is 0.319 e. The van der Waals surface area contributed by atoms with Gasteiger partial charge in [-0.25, -0.2) is 4.79 Å². The van der Waals surface area contributed by atoms with Crippen LogP contribution in [0, 0.1) is 0 Å². The number of rotatable bonds is 5. The van der Waals surface area contributed by atoms with Gasteiger partial charge in [-0.2, -0.15) is 0 Å². The largest absolute Gasteiger partial charge is 0.373 e. The molecule has 1 heterocycles. The van der Waals surface area contributed by atoms with Gasteiger partial charge < -0.3 is 15.4 Å². The van der Waals surface area contributed by atoms with Crippen molar-refractivity contribution in [2.75, 3.05) is 18.4 Å². The maximum absolute atomic E-state index is 12.5. The molecular weight excluding hydrogens is 338 g/mol. The number of morpholine rings is 1. The van der Waals surface area contributed by atoms with Crippen LogP contribution >= 0.6 is 0 Å². The third kappa shape index (κ3) is 5.55. The zero-order valence-corrected chi connectivity index (χ0v) is 16.3. The van der Waals surface area contributed by atoms with Crippen LogP contribution in [-0.2, 0) is 11.3 Å². The van der Waals surface area contributed by atoms with Gasteiger partial charge in [-0.1, -0.05) is 48.5 Å². The lowest BCUT2D eigenvalue weighted by Gasteiger charge is -2.35. The Morgan fingerprint density at radius 2 is 1.70 bits per heavy atom. The van der Waals surface area contributed by atoms with Gasteiger partial charge in [0.15, 0.2) is 0 Å². The number of urea groups is 1. The number of para-hydroxylation sites is 1. The molecule has 27 heavy (non-hydrogen) atoms. The fourth-order valence-corrected chi connectivity index (χ4v) is 3.61.